The van der Waals surface area contributed by atoms with Crippen LogP contribution in [0.2, 0.25) is 0 Å². The molecule has 1 heterocycles. The molecule has 0 fully saturated rings. The number of alkyl halides is 3. The summed E-state index contributed by atoms with van der Waals surface area (Å²) in [6, 6.07) is 1.15. The smallest absolute Gasteiger partial charge is 0.451 e. The topological polar surface area (TPSA) is 92.6 Å². The number of aromatic nitrogens is 2. The number of hydrogen-bond acceptors (Lipinski definition) is 5. The normalized spacial score (nSPS) is 12.7. The van der Waals surface area contributed by atoms with Crippen LogP contribution in [0.25, 0.3) is 0 Å². The molecule has 1 atom stereocenters. The second-order valence-electron chi connectivity index (χ2n) is 5.76. The molecule has 0 saturated carbocycles. The van der Waals surface area contributed by atoms with E-state index in [9.17, 15) is 22.8 Å². The number of nitrogens with zero attached hydrogens (tertiary/aromatic N) is 3. The molecule has 146 valence electrons. The van der Waals surface area contributed by atoms with Crippen molar-refractivity contribution in [2.24, 2.45) is 5.92 Å². The Labute approximate surface area is 149 Å². The van der Waals surface area contributed by atoms with Crippen LogP contribution in [0.15, 0.2) is 6.07 Å². The number of hydrogen-bond donors (Lipinski definition) is 1. The molecule has 1 aromatic heterocycles. The van der Waals surface area contributed by atoms with Gasteiger partial charge in [-0.05, 0) is 26.3 Å². The van der Waals surface area contributed by atoms with E-state index in [2.05, 4.69) is 9.97 Å². The number of amides is 1. The minimum absolute atomic E-state index is 0.00350. The zero-order valence-corrected chi connectivity index (χ0v) is 14.8. The molecule has 0 aliphatic carbocycles. The molecule has 0 spiro atoms. The lowest BCUT2D eigenvalue weighted by atomic mass is 10.1. The van der Waals surface area contributed by atoms with Crippen molar-refractivity contribution in [2.45, 2.75) is 33.4 Å². The molecule has 7 nitrogen and oxygen atoms in total. The van der Waals surface area contributed by atoms with Gasteiger partial charge in [0.05, 0.1) is 5.92 Å². The number of carboxylic acids is 1. The van der Waals surface area contributed by atoms with E-state index >= 15 is 0 Å². The first-order valence-corrected chi connectivity index (χ1v) is 8.09. The number of aryl methyl sites for hydroxylation is 1. The van der Waals surface area contributed by atoms with Crippen molar-refractivity contribution in [1.82, 2.24) is 14.9 Å². The standard InChI is InChI=1S/C16H22F3N3O4/c1-4-26-7-5-6-22(9-10(2)14(24)25)13(23)12-8-11(3)20-15(21-12)16(17,18)19/h8,10H,4-7,9H2,1-3H3,(H,24,25). The fourth-order valence-electron chi connectivity index (χ4n) is 2.15. The predicted octanol–water partition coefficient (Wildman–Crippen LogP) is 2.39. The van der Waals surface area contributed by atoms with Crippen LogP contribution in [-0.2, 0) is 15.7 Å². The average molecular weight is 377 g/mol. The summed E-state index contributed by atoms with van der Waals surface area (Å²) >= 11 is 0. The first-order chi connectivity index (χ1) is 12.1. The molecule has 0 aromatic carbocycles. The second-order valence-corrected chi connectivity index (χ2v) is 5.76. The van der Waals surface area contributed by atoms with Crippen LogP contribution in [0, 0.1) is 12.8 Å². The highest BCUT2D eigenvalue weighted by Gasteiger charge is 2.36. The molecule has 0 aliphatic rings. The van der Waals surface area contributed by atoms with Crippen molar-refractivity contribution in [3.05, 3.63) is 23.3 Å². The molecule has 26 heavy (non-hydrogen) atoms. The number of ether oxygens (including phenoxy) is 1. The maximum absolute atomic E-state index is 12.9. The number of carbonyl (C=O) groups is 2. The summed E-state index contributed by atoms with van der Waals surface area (Å²) in [7, 11) is 0. The van der Waals surface area contributed by atoms with Gasteiger partial charge >= 0.3 is 12.1 Å². The molecule has 10 heteroatoms. The lowest BCUT2D eigenvalue weighted by molar-refractivity contribution is -0.145. The summed E-state index contributed by atoms with van der Waals surface area (Å²) in [4.78, 5) is 31.5. The number of halogens is 3. The van der Waals surface area contributed by atoms with Gasteiger partial charge in [0.15, 0.2) is 0 Å². The summed E-state index contributed by atoms with van der Waals surface area (Å²) in [5.41, 5.74) is -0.421. The third-order valence-corrected chi connectivity index (χ3v) is 3.45. The number of carbonyl (C=O) groups excluding carboxylic acids is 1. The number of aliphatic carboxylic acids is 1. The van der Waals surface area contributed by atoms with Crippen molar-refractivity contribution in [3.63, 3.8) is 0 Å². The largest absolute Gasteiger partial charge is 0.481 e. The second kappa shape index (κ2) is 9.46. The van der Waals surface area contributed by atoms with E-state index in [4.69, 9.17) is 9.84 Å². The van der Waals surface area contributed by atoms with Crippen LogP contribution in [0.1, 0.15) is 42.3 Å². The van der Waals surface area contributed by atoms with E-state index in [0.29, 0.717) is 19.6 Å². The third-order valence-electron chi connectivity index (χ3n) is 3.45. The van der Waals surface area contributed by atoms with Gasteiger partial charge in [0.25, 0.3) is 5.91 Å². The van der Waals surface area contributed by atoms with E-state index in [0.717, 1.165) is 6.07 Å². The highest BCUT2D eigenvalue weighted by atomic mass is 19.4. The van der Waals surface area contributed by atoms with Gasteiger partial charge in [0, 0.05) is 32.0 Å². The zero-order chi connectivity index (χ0) is 19.9. The number of carboxylic acid groups (broad SMARTS) is 1. The van der Waals surface area contributed by atoms with E-state index in [1.807, 2.05) is 0 Å². The van der Waals surface area contributed by atoms with Crippen molar-refractivity contribution in [2.75, 3.05) is 26.3 Å². The fraction of sp³-hybridized carbons (Fsp3) is 0.625. The average Bonchev–Trinajstić information content (AvgIpc) is 2.55. The Balaban J connectivity index is 3.06. The van der Waals surface area contributed by atoms with Gasteiger partial charge in [-0.1, -0.05) is 6.92 Å². The molecule has 1 rings (SSSR count). The Morgan fingerprint density at radius 3 is 2.54 bits per heavy atom. The molecule has 0 radical (unpaired) electrons. The molecule has 1 amide bonds. The Hall–Kier alpha value is -2.23. The van der Waals surface area contributed by atoms with Crippen LogP contribution in [0.5, 0.6) is 0 Å². The first kappa shape index (κ1) is 21.8. The van der Waals surface area contributed by atoms with Gasteiger partial charge in [0.1, 0.15) is 5.69 Å². The Bertz CT molecular complexity index is 638. The van der Waals surface area contributed by atoms with Gasteiger partial charge in [-0.25, -0.2) is 9.97 Å². The predicted molar refractivity (Wildman–Crippen MR) is 85.6 cm³/mol. The van der Waals surface area contributed by atoms with E-state index in [1.165, 1.54) is 18.7 Å². The SMILES string of the molecule is CCOCCCN(CC(C)C(=O)O)C(=O)c1cc(C)nc(C(F)(F)F)n1. The molecule has 1 aromatic rings. The molecule has 0 saturated heterocycles. The minimum Gasteiger partial charge on any atom is -0.481 e. The van der Waals surface area contributed by atoms with Gasteiger partial charge < -0.3 is 14.7 Å². The van der Waals surface area contributed by atoms with Gasteiger partial charge in [0.2, 0.25) is 5.82 Å². The van der Waals surface area contributed by atoms with Crippen LogP contribution < -0.4 is 0 Å². The molecule has 1 N–H and O–H groups in total. The van der Waals surface area contributed by atoms with Crippen LogP contribution in [0.4, 0.5) is 13.2 Å². The van der Waals surface area contributed by atoms with Gasteiger partial charge in [-0.15, -0.1) is 0 Å². The summed E-state index contributed by atoms with van der Waals surface area (Å²) in [6.45, 7) is 5.37. The fourth-order valence-corrected chi connectivity index (χ4v) is 2.15. The van der Waals surface area contributed by atoms with Crippen molar-refractivity contribution < 1.29 is 32.6 Å². The maximum atomic E-state index is 12.9. The first-order valence-electron chi connectivity index (χ1n) is 8.09. The molecule has 1 unspecified atom stereocenters. The van der Waals surface area contributed by atoms with Gasteiger partial charge in [-0.3, -0.25) is 9.59 Å². The summed E-state index contributed by atoms with van der Waals surface area (Å²) in [5, 5.41) is 9.05. The van der Waals surface area contributed by atoms with Crippen molar-refractivity contribution in [3.8, 4) is 0 Å². The number of rotatable bonds is 9. The highest BCUT2D eigenvalue weighted by Crippen LogP contribution is 2.26. The Morgan fingerprint density at radius 2 is 2.00 bits per heavy atom. The van der Waals surface area contributed by atoms with Crippen molar-refractivity contribution in [1.29, 1.82) is 0 Å². The minimum atomic E-state index is -4.78. The molecular formula is C16H22F3N3O4. The monoisotopic (exact) mass is 377 g/mol. The Kier molecular flexibility index (Phi) is 7.94. The maximum Gasteiger partial charge on any atom is 0.451 e. The quantitative estimate of drug-likeness (QED) is 0.665. The van der Waals surface area contributed by atoms with Crippen LogP contribution in [-0.4, -0.2) is 58.2 Å². The summed E-state index contributed by atoms with van der Waals surface area (Å²) in [5.74, 6) is -4.16. The lowest BCUT2D eigenvalue weighted by Crippen LogP contribution is -2.38. The van der Waals surface area contributed by atoms with E-state index in [-0.39, 0.29) is 18.8 Å². The van der Waals surface area contributed by atoms with E-state index in [1.54, 1.807) is 6.92 Å². The lowest BCUT2D eigenvalue weighted by Gasteiger charge is -2.24. The van der Waals surface area contributed by atoms with Crippen LogP contribution >= 0.6 is 0 Å². The molecule has 0 bridgehead atoms. The van der Waals surface area contributed by atoms with Crippen LogP contribution in [0.3, 0.4) is 0 Å². The van der Waals surface area contributed by atoms with Crippen molar-refractivity contribution >= 4 is 11.9 Å². The summed E-state index contributed by atoms with van der Waals surface area (Å²) < 4.78 is 43.8. The molecular weight excluding hydrogens is 355 g/mol. The Morgan fingerprint density at radius 1 is 1.35 bits per heavy atom. The summed E-state index contributed by atoms with van der Waals surface area (Å²) in [6.07, 6.45) is -4.36. The third kappa shape index (κ3) is 6.58. The molecule has 0 aliphatic heterocycles. The van der Waals surface area contributed by atoms with E-state index < -0.39 is 35.5 Å². The van der Waals surface area contributed by atoms with Gasteiger partial charge in [-0.2, -0.15) is 13.2 Å². The zero-order valence-electron chi connectivity index (χ0n) is 14.8. The highest BCUT2D eigenvalue weighted by molar-refractivity contribution is 5.92.